The normalized spacial score (nSPS) is 25.4. The molecule has 2 aliphatic heterocycles. The Morgan fingerprint density at radius 1 is 1.14 bits per heavy atom. The highest BCUT2D eigenvalue weighted by Gasteiger charge is 2.31. The minimum Gasteiger partial charge on any atom is -0.487 e. The summed E-state index contributed by atoms with van der Waals surface area (Å²) in [6.07, 6.45) is 6.47. The molecule has 2 fully saturated rings. The minimum atomic E-state index is -0.443. The van der Waals surface area contributed by atoms with Crippen LogP contribution in [0.4, 0.5) is 0 Å². The van der Waals surface area contributed by atoms with Crippen LogP contribution in [0.15, 0.2) is 36.7 Å². The fourth-order valence-corrected chi connectivity index (χ4v) is 4.65. The lowest BCUT2D eigenvalue weighted by Crippen LogP contribution is -2.51. The maximum atomic E-state index is 10.7. The molecule has 0 aliphatic carbocycles. The molecule has 0 saturated carbocycles. The summed E-state index contributed by atoms with van der Waals surface area (Å²) >= 11 is 0. The molecule has 28 heavy (non-hydrogen) atoms. The highest BCUT2D eigenvalue weighted by atomic mass is 16.5. The van der Waals surface area contributed by atoms with E-state index in [9.17, 15) is 5.11 Å². The zero-order valence-electron chi connectivity index (χ0n) is 17.1. The number of hydrogen-bond acceptors (Lipinski definition) is 5. The van der Waals surface area contributed by atoms with Gasteiger partial charge in [-0.25, -0.2) is 0 Å². The van der Waals surface area contributed by atoms with E-state index < -0.39 is 6.10 Å². The van der Waals surface area contributed by atoms with E-state index >= 15 is 0 Å². The number of ether oxygens (including phenoxy) is 1. The van der Waals surface area contributed by atoms with Gasteiger partial charge in [0.1, 0.15) is 18.0 Å². The number of likely N-dealkylation sites (tertiary alicyclic amines) is 2. The summed E-state index contributed by atoms with van der Waals surface area (Å²) in [4.78, 5) is 9.19. The SMILES string of the molecule is CC(C)N1CCC(CN2CC[C@@H](Oc3cccc4cnccc34)[C@H](O)C2)CC1. The van der Waals surface area contributed by atoms with Gasteiger partial charge >= 0.3 is 0 Å². The molecule has 1 aromatic heterocycles. The third-order valence-electron chi connectivity index (χ3n) is 6.42. The molecule has 152 valence electrons. The van der Waals surface area contributed by atoms with Gasteiger partial charge in [0, 0.05) is 48.8 Å². The highest BCUT2D eigenvalue weighted by molar-refractivity contribution is 5.87. The van der Waals surface area contributed by atoms with Gasteiger partial charge in [0.15, 0.2) is 0 Å². The molecule has 4 rings (SSSR count). The summed E-state index contributed by atoms with van der Waals surface area (Å²) in [6, 6.07) is 8.66. The Labute approximate surface area is 168 Å². The first-order valence-corrected chi connectivity index (χ1v) is 10.7. The lowest BCUT2D eigenvalue weighted by Gasteiger charge is -2.40. The van der Waals surface area contributed by atoms with Crippen LogP contribution in [-0.4, -0.2) is 70.9 Å². The van der Waals surface area contributed by atoms with E-state index in [1.54, 1.807) is 6.20 Å². The Balaban J connectivity index is 1.31. The van der Waals surface area contributed by atoms with Crippen molar-refractivity contribution in [3.05, 3.63) is 36.7 Å². The maximum absolute atomic E-state index is 10.7. The van der Waals surface area contributed by atoms with Crippen LogP contribution in [0.2, 0.25) is 0 Å². The molecule has 0 bridgehead atoms. The van der Waals surface area contributed by atoms with Gasteiger partial charge in [-0.3, -0.25) is 4.98 Å². The van der Waals surface area contributed by atoms with Gasteiger partial charge < -0.3 is 19.6 Å². The molecule has 2 aromatic rings. The Morgan fingerprint density at radius 3 is 2.71 bits per heavy atom. The van der Waals surface area contributed by atoms with Crippen molar-refractivity contribution in [2.45, 2.75) is 51.4 Å². The van der Waals surface area contributed by atoms with Crippen molar-refractivity contribution in [2.24, 2.45) is 5.92 Å². The summed E-state index contributed by atoms with van der Waals surface area (Å²) in [5.74, 6) is 1.60. The van der Waals surface area contributed by atoms with Gasteiger partial charge in [-0.15, -0.1) is 0 Å². The molecule has 0 unspecified atom stereocenters. The molecule has 2 aliphatic rings. The molecule has 1 N–H and O–H groups in total. The van der Waals surface area contributed by atoms with E-state index in [0.29, 0.717) is 12.6 Å². The van der Waals surface area contributed by atoms with Crippen molar-refractivity contribution < 1.29 is 9.84 Å². The Bertz CT molecular complexity index is 768. The van der Waals surface area contributed by atoms with Crippen LogP contribution < -0.4 is 4.74 Å². The molecule has 5 heteroatoms. The second-order valence-corrected chi connectivity index (χ2v) is 8.70. The van der Waals surface area contributed by atoms with Gasteiger partial charge in [0.05, 0.1) is 0 Å². The van der Waals surface area contributed by atoms with Crippen molar-refractivity contribution in [1.29, 1.82) is 0 Å². The van der Waals surface area contributed by atoms with Crippen LogP contribution >= 0.6 is 0 Å². The largest absolute Gasteiger partial charge is 0.487 e. The molecule has 3 heterocycles. The molecule has 2 atom stereocenters. The molecule has 2 saturated heterocycles. The van der Waals surface area contributed by atoms with Crippen LogP contribution in [0.1, 0.15) is 33.1 Å². The fourth-order valence-electron chi connectivity index (χ4n) is 4.65. The molecule has 5 nitrogen and oxygen atoms in total. The first-order valence-electron chi connectivity index (χ1n) is 10.7. The van der Waals surface area contributed by atoms with Gasteiger partial charge in [0.25, 0.3) is 0 Å². The van der Waals surface area contributed by atoms with Crippen molar-refractivity contribution in [1.82, 2.24) is 14.8 Å². The molecule has 0 radical (unpaired) electrons. The zero-order chi connectivity index (χ0) is 19.5. The second kappa shape index (κ2) is 8.76. The summed E-state index contributed by atoms with van der Waals surface area (Å²) in [5, 5.41) is 12.9. The van der Waals surface area contributed by atoms with E-state index in [1.807, 2.05) is 30.5 Å². The van der Waals surface area contributed by atoms with E-state index in [4.69, 9.17) is 4.74 Å². The maximum Gasteiger partial charge on any atom is 0.127 e. The number of fused-ring (bicyclic) bond motifs is 1. The predicted octanol–water partition coefficient (Wildman–Crippen LogP) is 3.17. The minimum absolute atomic E-state index is 0.141. The Hall–Kier alpha value is -1.69. The number of β-amino-alcohol motifs (C(OH)–C–C–N with tert-alkyl or cyclic N) is 1. The Kier molecular flexibility index (Phi) is 6.14. The zero-order valence-corrected chi connectivity index (χ0v) is 17.1. The molecular weight excluding hydrogens is 350 g/mol. The summed E-state index contributed by atoms with van der Waals surface area (Å²) in [5.41, 5.74) is 0. The monoisotopic (exact) mass is 383 g/mol. The average Bonchev–Trinajstić information content (AvgIpc) is 2.71. The lowest BCUT2D eigenvalue weighted by molar-refractivity contribution is -0.0308. The molecule has 0 amide bonds. The third-order valence-corrected chi connectivity index (χ3v) is 6.42. The number of hydrogen-bond donors (Lipinski definition) is 1. The summed E-state index contributed by atoms with van der Waals surface area (Å²) in [7, 11) is 0. The van der Waals surface area contributed by atoms with Crippen molar-refractivity contribution in [3.8, 4) is 5.75 Å². The average molecular weight is 384 g/mol. The summed E-state index contributed by atoms with van der Waals surface area (Å²) in [6.45, 7) is 9.80. The van der Waals surface area contributed by atoms with Crippen molar-refractivity contribution >= 4 is 10.8 Å². The highest BCUT2D eigenvalue weighted by Crippen LogP contribution is 2.28. The quantitative estimate of drug-likeness (QED) is 0.859. The number of aliphatic hydroxyl groups is 1. The van der Waals surface area contributed by atoms with Gasteiger partial charge in [0.2, 0.25) is 0 Å². The van der Waals surface area contributed by atoms with Gasteiger partial charge in [-0.1, -0.05) is 12.1 Å². The second-order valence-electron chi connectivity index (χ2n) is 8.70. The summed E-state index contributed by atoms with van der Waals surface area (Å²) < 4.78 is 6.25. The first-order chi connectivity index (χ1) is 13.6. The van der Waals surface area contributed by atoms with Crippen LogP contribution in [-0.2, 0) is 0 Å². The topological polar surface area (TPSA) is 48.8 Å². The van der Waals surface area contributed by atoms with Gasteiger partial charge in [-0.2, -0.15) is 0 Å². The number of aliphatic hydroxyl groups excluding tert-OH is 1. The number of rotatable bonds is 5. The lowest BCUT2D eigenvalue weighted by atomic mass is 9.94. The van der Waals surface area contributed by atoms with E-state index in [-0.39, 0.29) is 6.10 Å². The predicted molar refractivity (Wildman–Crippen MR) is 113 cm³/mol. The number of pyridine rings is 1. The van der Waals surface area contributed by atoms with Crippen LogP contribution in [0.25, 0.3) is 10.8 Å². The van der Waals surface area contributed by atoms with Gasteiger partial charge in [-0.05, 0) is 64.3 Å². The van der Waals surface area contributed by atoms with Crippen LogP contribution in [0, 0.1) is 5.92 Å². The standard InChI is InChI=1S/C23H33N3O2/c1-17(2)26-12-7-18(8-13-26)15-25-11-9-23(21(27)16-25)28-22-5-3-4-19-14-24-10-6-20(19)22/h3-6,10,14,17-18,21,23,27H,7-9,11-13,15-16H2,1-2H3/t21-,23-/m1/s1. The number of aromatic nitrogens is 1. The fraction of sp³-hybridized carbons (Fsp3) is 0.609. The molecular formula is C23H33N3O2. The Morgan fingerprint density at radius 2 is 1.96 bits per heavy atom. The van der Waals surface area contributed by atoms with Crippen molar-refractivity contribution in [2.75, 3.05) is 32.7 Å². The number of nitrogens with zero attached hydrogens (tertiary/aromatic N) is 3. The third kappa shape index (κ3) is 4.48. The number of benzene rings is 1. The van der Waals surface area contributed by atoms with E-state index in [0.717, 1.165) is 42.0 Å². The van der Waals surface area contributed by atoms with Crippen LogP contribution in [0.3, 0.4) is 0 Å². The van der Waals surface area contributed by atoms with Crippen LogP contribution in [0.5, 0.6) is 5.75 Å². The van der Waals surface area contributed by atoms with Crippen molar-refractivity contribution in [3.63, 3.8) is 0 Å². The first kappa shape index (κ1) is 19.6. The van der Waals surface area contributed by atoms with E-state index in [1.165, 1.54) is 25.9 Å². The molecule has 0 spiro atoms. The molecule has 1 aromatic carbocycles. The van der Waals surface area contributed by atoms with E-state index in [2.05, 4.69) is 28.6 Å². The number of piperidine rings is 2. The smallest absolute Gasteiger partial charge is 0.127 e.